The third-order valence-electron chi connectivity index (χ3n) is 5.68. The Morgan fingerprint density at radius 3 is 2.58 bits per heavy atom. The van der Waals surface area contributed by atoms with Gasteiger partial charge in [-0.3, -0.25) is 4.90 Å². The monoisotopic (exact) mass is 326 g/mol. The van der Waals surface area contributed by atoms with Crippen LogP contribution in [0.4, 0.5) is 5.69 Å². The molecule has 4 rings (SSSR count). The number of fused-ring (bicyclic) bond motifs is 1. The van der Waals surface area contributed by atoms with Crippen molar-refractivity contribution in [2.45, 2.75) is 25.0 Å². The fraction of sp³-hybridized carbons (Fsp3) is 0.632. The van der Waals surface area contributed by atoms with E-state index in [1.807, 2.05) is 12.1 Å². The Balaban J connectivity index is 1.38. The van der Waals surface area contributed by atoms with Crippen molar-refractivity contribution in [2.24, 2.45) is 0 Å². The lowest BCUT2D eigenvalue weighted by atomic mass is 10.1. The number of nitriles is 1. The number of rotatable bonds is 4. The first-order chi connectivity index (χ1) is 11.8. The van der Waals surface area contributed by atoms with Crippen molar-refractivity contribution in [3.8, 4) is 6.07 Å². The predicted octanol–water partition coefficient (Wildman–Crippen LogP) is 1.54. The molecule has 0 amide bonds. The van der Waals surface area contributed by atoms with Crippen LogP contribution in [0.3, 0.4) is 0 Å². The van der Waals surface area contributed by atoms with E-state index in [0.717, 1.165) is 38.3 Å². The second-order valence-electron chi connectivity index (χ2n) is 7.12. The lowest BCUT2D eigenvalue weighted by molar-refractivity contribution is -0.0483. The molecule has 3 fully saturated rings. The molecule has 1 aromatic rings. The highest BCUT2D eigenvalue weighted by Gasteiger charge is 2.40. The summed E-state index contributed by atoms with van der Waals surface area (Å²) in [5, 5.41) is 8.95. The lowest BCUT2D eigenvalue weighted by Crippen LogP contribution is -2.52. The van der Waals surface area contributed by atoms with Gasteiger partial charge in [-0.25, -0.2) is 0 Å². The highest BCUT2D eigenvalue weighted by atomic mass is 16.5. The molecule has 0 aliphatic carbocycles. The van der Waals surface area contributed by atoms with E-state index < -0.39 is 0 Å². The molecule has 0 spiro atoms. The predicted molar refractivity (Wildman–Crippen MR) is 94.1 cm³/mol. The molecule has 3 saturated heterocycles. The summed E-state index contributed by atoms with van der Waals surface area (Å²) in [5.74, 6) is 0. The van der Waals surface area contributed by atoms with Crippen LogP contribution in [-0.4, -0.2) is 74.4 Å². The van der Waals surface area contributed by atoms with E-state index in [9.17, 15) is 0 Å². The van der Waals surface area contributed by atoms with Crippen LogP contribution in [0, 0.1) is 11.3 Å². The van der Waals surface area contributed by atoms with Crippen LogP contribution in [0.25, 0.3) is 0 Å². The second-order valence-corrected chi connectivity index (χ2v) is 7.12. The number of ether oxygens (including phenoxy) is 1. The average molecular weight is 326 g/mol. The van der Waals surface area contributed by atoms with Gasteiger partial charge in [-0.05, 0) is 50.2 Å². The zero-order valence-electron chi connectivity index (χ0n) is 14.2. The molecule has 2 atom stereocenters. The van der Waals surface area contributed by atoms with Crippen molar-refractivity contribution in [3.05, 3.63) is 29.8 Å². The summed E-state index contributed by atoms with van der Waals surface area (Å²) in [5.41, 5.74) is 1.92. The first kappa shape index (κ1) is 15.9. The Kier molecular flexibility index (Phi) is 4.70. The maximum absolute atomic E-state index is 8.95. The number of benzene rings is 1. The van der Waals surface area contributed by atoms with Gasteiger partial charge < -0.3 is 14.5 Å². The molecule has 0 unspecified atom stereocenters. The maximum atomic E-state index is 8.95. The van der Waals surface area contributed by atoms with E-state index in [4.69, 9.17) is 10.00 Å². The number of hydrogen-bond donors (Lipinski definition) is 0. The van der Waals surface area contributed by atoms with Gasteiger partial charge in [-0.2, -0.15) is 5.26 Å². The maximum Gasteiger partial charge on any atom is 0.0991 e. The fourth-order valence-corrected chi connectivity index (χ4v) is 4.27. The molecule has 0 aromatic heterocycles. The molecule has 0 N–H and O–H groups in total. The molecule has 3 aliphatic heterocycles. The Labute approximate surface area is 144 Å². The van der Waals surface area contributed by atoms with Gasteiger partial charge in [-0.15, -0.1) is 0 Å². The van der Waals surface area contributed by atoms with E-state index in [2.05, 4.69) is 32.9 Å². The summed E-state index contributed by atoms with van der Waals surface area (Å²) in [6, 6.07) is 10.6. The SMILES string of the molecule is N#Cc1ccc(N2C[C@@H]3OCCN(CCN4CCCC4)[C@@H]3C2)cc1. The van der Waals surface area contributed by atoms with Crippen LogP contribution in [0.1, 0.15) is 18.4 Å². The van der Waals surface area contributed by atoms with Gasteiger partial charge in [0.15, 0.2) is 0 Å². The molecule has 0 saturated carbocycles. The van der Waals surface area contributed by atoms with Crippen LogP contribution in [0.2, 0.25) is 0 Å². The highest BCUT2D eigenvalue weighted by Crippen LogP contribution is 2.27. The van der Waals surface area contributed by atoms with Crippen molar-refractivity contribution in [1.82, 2.24) is 9.80 Å². The van der Waals surface area contributed by atoms with Gasteiger partial charge in [0.05, 0.1) is 30.4 Å². The van der Waals surface area contributed by atoms with E-state index in [1.54, 1.807) is 0 Å². The van der Waals surface area contributed by atoms with Gasteiger partial charge >= 0.3 is 0 Å². The van der Waals surface area contributed by atoms with Crippen LogP contribution in [0.5, 0.6) is 0 Å². The van der Waals surface area contributed by atoms with Gasteiger partial charge in [0.2, 0.25) is 0 Å². The molecular formula is C19H26N4O. The number of likely N-dealkylation sites (tertiary alicyclic amines) is 1. The smallest absolute Gasteiger partial charge is 0.0991 e. The van der Waals surface area contributed by atoms with Crippen molar-refractivity contribution in [1.29, 1.82) is 5.26 Å². The Bertz CT molecular complexity index is 590. The summed E-state index contributed by atoms with van der Waals surface area (Å²) in [6.07, 6.45) is 3.04. The van der Waals surface area contributed by atoms with Crippen LogP contribution in [0.15, 0.2) is 24.3 Å². The van der Waals surface area contributed by atoms with Crippen molar-refractivity contribution in [3.63, 3.8) is 0 Å². The van der Waals surface area contributed by atoms with Gasteiger partial charge in [-0.1, -0.05) is 0 Å². The zero-order chi connectivity index (χ0) is 16.4. The van der Waals surface area contributed by atoms with E-state index >= 15 is 0 Å². The minimum atomic E-state index is 0.313. The van der Waals surface area contributed by atoms with Crippen LogP contribution in [-0.2, 0) is 4.74 Å². The fourth-order valence-electron chi connectivity index (χ4n) is 4.27. The summed E-state index contributed by atoms with van der Waals surface area (Å²) in [7, 11) is 0. The topological polar surface area (TPSA) is 42.7 Å². The Morgan fingerprint density at radius 2 is 1.83 bits per heavy atom. The van der Waals surface area contributed by atoms with Crippen LogP contribution >= 0.6 is 0 Å². The van der Waals surface area contributed by atoms with Gasteiger partial charge in [0, 0.05) is 38.4 Å². The quantitative estimate of drug-likeness (QED) is 0.840. The molecule has 5 nitrogen and oxygen atoms in total. The Morgan fingerprint density at radius 1 is 1.04 bits per heavy atom. The molecule has 24 heavy (non-hydrogen) atoms. The molecule has 3 aliphatic rings. The number of hydrogen-bond acceptors (Lipinski definition) is 5. The van der Waals surface area contributed by atoms with E-state index in [-0.39, 0.29) is 0 Å². The summed E-state index contributed by atoms with van der Waals surface area (Å²) < 4.78 is 6.05. The molecule has 3 heterocycles. The number of anilines is 1. The molecule has 0 radical (unpaired) electrons. The third-order valence-corrected chi connectivity index (χ3v) is 5.68. The van der Waals surface area contributed by atoms with Gasteiger partial charge in [0.1, 0.15) is 0 Å². The lowest BCUT2D eigenvalue weighted by Gasteiger charge is -2.37. The standard InChI is InChI=1S/C19H26N4O/c20-13-16-3-5-17(6-4-16)23-14-18-19(15-23)24-12-11-22(18)10-9-21-7-1-2-8-21/h3-6,18-19H,1-2,7-12,14-15H2/t18-,19+/m1/s1. The average Bonchev–Trinajstić information content (AvgIpc) is 3.29. The largest absolute Gasteiger partial charge is 0.373 e. The zero-order valence-corrected chi connectivity index (χ0v) is 14.2. The van der Waals surface area contributed by atoms with Crippen molar-refractivity contribution >= 4 is 5.69 Å². The van der Waals surface area contributed by atoms with Crippen molar-refractivity contribution < 1.29 is 4.74 Å². The Hall–Kier alpha value is -1.61. The summed E-state index contributed by atoms with van der Waals surface area (Å²) in [4.78, 5) is 7.64. The second kappa shape index (κ2) is 7.10. The number of morpholine rings is 1. The van der Waals surface area contributed by atoms with E-state index in [0.29, 0.717) is 12.1 Å². The highest BCUT2D eigenvalue weighted by molar-refractivity contribution is 5.51. The molecule has 0 bridgehead atoms. The molecule has 5 heteroatoms. The first-order valence-corrected chi connectivity index (χ1v) is 9.16. The van der Waals surface area contributed by atoms with Gasteiger partial charge in [0.25, 0.3) is 0 Å². The van der Waals surface area contributed by atoms with E-state index in [1.165, 1.54) is 38.2 Å². The minimum Gasteiger partial charge on any atom is -0.373 e. The summed E-state index contributed by atoms with van der Waals surface area (Å²) >= 11 is 0. The number of nitrogens with zero attached hydrogens (tertiary/aromatic N) is 4. The summed E-state index contributed by atoms with van der Waals surface area (Å²) in [6.45, 7) is 8.78. The van der Waals surface area contributed by atoms with Crippen LogP contribution < -0.4 is 4.90 Å². The minimum absolute atomic E-state index is 0.313. The first-order valence-electron chi connectivity index (χ1n) is 9.16. The molecule has 1 aromatic carbocycles. The van der Waals surface area contributed by atoms with Crippen molar-refractivity contribution in [2.75, 3.05) is 57.3 Å². The third kappa shape index (κ3) is 3.27. The molecule has 128 valence electrons. The normalized spacial score (nSPS) is 28.0. The molecular weight excluding hydrogens is 300 g/mol.